The summed E-state index contributed by atoms with van der Waals surface area (Å²) in [5.41, 5.74) is 0.315. The van der Waals surface area contributed by atoms with Crippen LogP contribution in [0.2, 0.25) is 0 Å². The number of nitrogens with zero attached hydrogens (tertiary/aromatic N) is 4. The molecule has 2 amide bonds. The Morgan fingerprint density at radius 1 is 0.939 bits per heavy atom. The van der Waals surface area contributed by atoms with Gasteiger partial charge in [0.15, 0.2) is 9.84 Å². The molecule has 0 N–H and O–H groups in total. The smallest absolute Gasteiger partial charge is 0.253 e. The predicted molar refractivity (Wildman–Crippen MR) is 122 cm³/mol. The third kappa shape index (κ3) is 5.23. The number of hydrogen-bond acceptors (Lipinski definition) is 7. The van der Waals surface area contributed by atoms with Gasteiger partial charge in [0, 0.05) is 70.9 Å². The minimum Gasteiger partial charge on any atom is -0.340 e. The van der Waals surface area contributed by atoms with Crippen molar-refractivity contribution in [2.75, 3.05) is 63.9 Å². The Hall–Kier alpha value is -2.02. The van der Waals surface area contributed by atoms with Crippen molar-refractivity contribution >= 4 is 31.7 Å². The van der Waals surface area contributed by atoms with E-state index in [4.69, 9.17) is 0 Å². The second-order valence-electron chi connectivity index (χ2n) is 8.82. The number of carbonyl (C=O) groups is 2. The molecule has 3 aliphatic heterocycles. The number of amides is 2. The Bertz CT molecular complexity index is 1120. The number of sulfone groups is 1. The van der Waals surface area contributed by atoms with Crippen molar-refractivity contribution in [3.05, 3.63) is 29.8 Å². The fourth-order valence-corrected chi connectivity index (χ4v) is 7.95. The molecule has 0 spiro atoms. The fourth-order valence-electron chi connectivity index (χ4n) is 4.72. The van der Waals surface area contributed by atoms with Crippen LogP contribution in [0.4, 0.5) is 0 Å². The molecule has 0 aliphatic carbocycles. The lowest BCUT2D eigenvalue weighted by Gasteiger charge is -2.37. The van der Waals surface area contributed by atoms with Gasteiger partial charge < -0.3 is 9.80 Å². The first-order valence-electron chi connectivity index (χ1n) is 11.2. The summed E-state index contributed by atoms with van der Waals surface area (Å²) in [4.78, 5) is 30.1. The monoisotopic (exact) mass is 498 g/mol. The van der Waals surface area contributed by atoms with E-state index in [0.29, 0.717) is 51.3 Å². The van der Waals surface area contributed by atoms with E-state index in [2.05, 4.69) is 4.90 Å². The van der Waals surface area contributed by atoms with Crippen molar-refractivity contribution in [3.8, 4) is 0 Å². The molecule has 10 nitrogen and oxygen atoms in total. The van der Waals surface area contributed by atoms with Crippen molar-refractivity contribution in [1.82, 2.24) is 19.0 Å². The summed E-state index contributed by atoms with van der Waals surface area (Å²) in [6, 6.07) is 6.12. The van der Waals surface area contributed by atoms with E-state index in [1.165, 1.54) is 23.4 Å². The molecule has 1 aromatic rings. The zero-order chi connectivity index (χ0) is 23.8. The van der Waals surface area contributed by atoms with E-state index in [1.54, 1.807) is 21.9 Å². The second-order valence-corrected chi connectivity index (χ2v) is 13.0. The Labute approximate surface area is 195 Å². The number of hydrogen-bond donors (Lipinski definition) is 0. The maximum absolute atomic E-state index is 13.1. The molecular weight excluding hydrogens is 468 g/mol. The first-order chi connectivity index (χ1) is 15.6. The van der Waals surface area contributed by atoms with Crippen LogP contribution in [0.25, 0.3) is 0 Å². The molecule has 3 aliphatic rings. The third-order valence-corrected chi connectivity index (χ3v) is 10.4. The summed E-state index contributed by atoms with van der Waals surface area (Å²) in [5.74, 6) is 0.102. The molecule has 4 rings (SSSR count). The van der Waals surface area contributed by atoms with E-state index >= 15 is 0 Å². The first kappa shape index (κ1) is 24.1. The molecule has 3 saturated heterocycles. The van der Waals surface area contributed by atoms with Crippen molar-refractivity contribution in [3.63, 3.8) is 0 Å². The molecule has 0 bridgehead atoms. The van der Waals surface area contributed by atoms with Gasteiger partial charge in [-0.25, -0.2) is 16.8 Å². The van der Waals surface area contributed by atoms with Crippen LogP contribution >= 0.6 is 0 Å². The number of sulfonamides is 1. The predicted octanol–water partition coefficient (Wildman–Crippen LogP) is -0.516. The van der Waals surface area contributed by atoms with E-state index in [9.17, 15) is 26.4 Å². The molecule has 3 heterocycles. The minimum atomic E-state index is -3.77. The highest BCUT2D eigenvalue weighted by Crippen LogP contribution is 2.22. The van der Waals surface area contributed by atoms with Crippen LogP contribution in [0, 0.1) is 0 Å². The zero-order valence-corrected chi connectivity index (χ0v) is 20.4. The maximum atomic E-state index is 13.1. The standard InChI is InChI=1S/C21H30N4O6S2/c1-17(26)22-10-12-25(13-11-22)33(30,31)20-4-2-3-18(15-20)21(27)24-8-6-23(7-9-24)19-5-14-32(28,29)16-19/h2-4,15,19H,5-14,16H2,1H3/t19-/m1/s1. The third-order valence-electron chi connectivity index (χ3n) is 6.73. The average molecular weight is 499 g/mol. The highest BCUT2D eigenvalue weighted by molar-refractivity contribution is 7.91. The topological polar surface area (TPSA) is 115 Å². The summed E-state index contributed by atoms with van der Waals surface area (Å²) >= 11 is 0. The lowest BCUT2D eigenvalue weighted by molar-refractivity contribution is -0.129. The molecule has 0 radical (unpaired) electrons. The van der Waals surface area contributed by atoms with Gasteiger partial charge in [0.05, 0.1) is 16.4 Å². The Kier molecular flexibility index (Phi) is 6.81. The van der Waals surface area contributed by atoms with Crippen molar-refractivity contribution in [2.45, 2.75) is 24.3 Å². The van der Waals surface area contributed by atoms with E-state index < -0.39 is 19.9 Å². The molecule has 0 unspecified atom stereocenters. The molecule has 1 atom stereocenters. The van der Waals surface area contributed by atoms with Gasteiger partial charge in [-0.3, -0.25) is 14.5 Å². The summed E-state index contributed by atoms with van der Waals surface area (Å²) in [6.45, 7) is 4.75. The summed E-state index contributed by atoms with van der Waals surface area (Å²) in [7, 11) is -6.72. The molecule has 12 heteroatoms. The van der Waals surface area contributed by atoms with Crippen LogP contribution in [-0.4, -0.2) is 118 Å². The molecular formula is C21H30N4O6S2. The van der Waals surface area contributed by atoms with Gasteiger partial charge in [-0.2, -0.15) is 4.31 Å². The van der Waals surface area contributed by atoms with Crippen LogP contribution in [0.1, 0.15) is 23.7 Å². The molecule has 33 heavy (non-hydrogen) atoms. The molecule has 0 saturated carbocycles. The van der Waals surface area contributed by atoms with E-state index in [-0.39, 0.29) is 47.3 Å². The van der Waals surface area contributed by atoms with Gasteiger partial charge in [-0.05, 0) is 24.6 Å². The summed E-state index contributed by atoms with van der Waals surface area (Å²) < 4.78 is 51.1. The SMILES string of the molecule is CC(=O)N1CCN(S(=O)(=O)c2cccc(C(=O)N3CCN([C@@H]4CCS(=O)(=O)C4)CC3)c2)CC1. The van der Waals surface area contributed by atoms with Gasteiger partial charge in [0.2, 0.25) is 15.9 Å². The fraction of sp³-hybridized carbons (Fsp3) is 0.619. The number of carbonyl (C=O) groups excluding carboxylic acids is 2. The number of rotatable bonds is 4. The Morgan fingerprint density at radius 2 is 1.58 bits per heavy atom. The van der Waals surface area contributed by atoms with Crippen molar-refractivity contribution < 1.29 is 26.4 Å². The van der Waals surface area contributed by atoms with Crippen LogP contribution in [0.3, 0.4) is 0 Å². The molecule has 1 aromatic carbocycles. The van der Waals surface area contributed by atoms with E-state index in [1.807, 2.05) is 0 Å². The quantitative estimate of drug-likeness (QED) is 0.549. The van der Waals surface area contributed by atoms with Gasteiger partial charge >= 0.3 is 0 Å². The highest BCUT2D eigenvalue weighted by atomic mass is 32.2. The molecule has 182 valence electrons. The lowest BCUT2D eigenvalue weighted by atomic mass is 10.1. The van der Waals surface area contributed by atoms with Crippen LogP contribution in [0.5, 0.6) is 0 Å². The first-order valence-corrected chi connectivity index (χ1v) is 14.4. The lowest BCUT2D eigenvalue weighted by Crippen LogP contribution is -2.52. The van der Waals surface area contributed by atoms with Crippen molar-refractivity contribution in [1.29, 1.82) is 0 Å². The van der Waals surface area contributed by atoms with Crippen LogP contribution < -0.4 is 0 Å². The normalized spacial score (nSPS) is 24.7. The van der Waals surface area contributed by atoms with Crippen LogP contribution in [0.15, 0.2) is 29.2 Å². The number of benzene rings is 1. The van der Waals surface area contributed by atoms with Crippen LogP contribution in [-0.2, 0) is 24.7 Å². The maximum Gasteiger partial charge on any atom is 0.253 e. The van der Waals surface area contributed by atoms with Crippen molar-refractivity contribution in [2.24, 2.45) is 0 Å². The molecule has 0 aromatic heterocycles. The van der Waals surface area contributed by atoms with E-state index in [0.717, 1.165) is 0 Å². The second kappa shape index (κ2) is 9.32. The Balaban J connectivity index is 1.39. The van der Waals surface area contributed by atoms with Gasteiger partial charge in [0.25, 0.3) is 5.91 Å². The molecule has 3 fully saturated rings. The Morgan fingerprint density at radius 3 is 2.15 bits per heavy atom. The largest absolute Gasteiger partial charge is 0.340 e. The highest BCUT2D eigenvalue weighted by Gasteiger charge is 2.35. The average Bonchev–Trinajstić information content (AvgIpc) is 3.18. The zero-order valence-electron chi connectivity index (χ0n) is 18.7. The minimum absolute atomic E-state index is 0.0178. The van der Waals surface area contributed by atoms with Gasteiger partial charge in [0.1, 0.15) is 0 Å². The summed E-state index contributed by atoms with van der Waals surface area (Å²) in [5, 5.41) is 0. The van der Waals surface area contributed by atoms with Gasteiger partial charge in [-0.15, -0.1) is 0 Å². The number of piperazine rings is 2. The van der Waals surface area contributed by atoms with Gasteiger partial charge in [-0.1, -0.05) is 6.07 Å². The summed E-state index contributed by atoms with van der Waals surface area (Å²) in [6.07, 6.45) is 0.636.